The first-order valence-electron chi connectivity index (χ1n) is 9.08. The fourth-order valence-corrected chi connectivity index (χ4v) is 7.17. The van der Waals surface area contributed by atoms with E-state index < -0.39 is 33.9 Å². The summed E-state index contributed by atoms with van der Waals surface area (Å²) < 4.78 is 9.30. The summed E-state index contributed by atoms with van der Waals surface area (Å²) >= 11 is 3.60. The fraction of sp³-hybridized carbons (Fsp3) is 0.562. The molecule has 4 rings (SSSR count). The molecule has 15 heteroatoms. The summed E-state index contributed by atoms with van der Waals surface area (Å²) in [6, 6.07) is -0.858. The number of carboxylic acids is 1. The van der Waals surface area contributed by atoms with Gasteiger partial charge in [0.2, 0.25) is 5.91 Å². The number of anilines is 1. The smallest absolute Gasteiger partial charge is 0.322 e. The molecular formula is C16H19N5O7S3. The number of ether oxygens (including phenoxy) is 2. The Bertz CT molecular complexity index is 921. The Morgan fingerprint density at radius 2 is 2.16 bits per heavy atom. The van der Waals surface area contributed by atoms with Gasteiger partial charge >= 0.3 is 5.97 Å². The zero-order chi connectivity index (χ0) is 22.2. The molecule has 3 aliphatic rings. The van der Waals surface area contributed by atoms with Gasteiger partial charge in [-0.15, -0.1) is 34.9 Å². The van der Waals surface area contributed by atoms with Crippen LogP contribution in [-0.4, -0.2) is 97.4 Å². The number of carboxylic acid groups (broad SMARTS) is 1. The van der Waals surface area contributed by atoms with Gasteiger partial charge in [0.1, 0.15) is 28.6 Å². The van der Waals surface area contributed by atoms with Crippen LogP contribution in [0.1, 0.15) is 5.69 Å². The van der Waals surface area contributed by atoms with Gasteiger partial charge in [-0.2, -0.15) is 0 Å². The number of fused-ring (bicyclic) bond motifs is 1. The van der Waals surface area contributed by atoms with E-state index in [1.54, 1.807) is 0 Å². The fourth-order valence-electron chi connectivity index (χ4n) is 3.47. The van der Waals surface area contributed by atoms with Crippen molar-refractivity contribution in [2.75, 3.05) is 38.0 Å². The third kappa shape index (κ3) is 4.19. The summed E-state index contributed by atoms with van der Waals surface area (Å²) in [5, 5.41) is 25.7. The van der Waals surface area contributed by atoms with Gasteiger partial charge in [0.15, 0.2) is 10.8 Å². The Kier molecular flexibility index (Phi) is 6.30. The molecule has 2 unspecified atom stereocenters. The van der Waals surface area contributed by atoms with Crippen LogP contribution >= 0.6 is 34.9 Å². The van der Waals surface area contributed by atoms with E-state index in [1.165, 1.54) is 33.8 Å². The highest BCUT2D eigenvalue weighted by Gasteiger charge is 2.58. The standard InChI is InChI=1S/C16H19N5O7S3/c17-15-18-8(3-29-15)9(20-26)11(22)19-10-12(23)21-4-16(14(24)25,5-30-13(10)21)31-7-1-27-6-28-2-7/h3,7,10,13,26H,1-2,4-6H2,(H2,17,18)(H,19,22)(H,24,25)/t10?,13-,16?/m1/s1. The van der Waals surface area contributed by atoms with Gasteiger partial charge in [-0.25, -0.2) is 4.98 Å². The number of hydrogen-bond acceptors (Lipinski definition) is 12. The molecule has 3 fully saturated rings. The molecule has 31 heavy (non-hydrogen) atoms. The number of thioether (sulfide) groups is 2. The number of thiazole rings is 1. The second-order valence-electron chi connectivity index (χ2n) is 7.04. The van der Waals surface area contributed by atoms with Crippen molar-refractivity contribution < 1.29 is 34.2 Å². The van der Waals surface area contributed by atoms with E-state index in [-0.39, 0.29) is 40.9 Å². The van der Waals surface area contributed by atoms with Crippen LogP contribution in [0.15, 0.2) is 10.5 Å². The number of aliphatic carboxylic acids is 1. The lowest BCUT2D eigenvalue weighted by Gasteiger charge is -2.54. The van der Waals surface area contributed by atoms with E-state index in [9.17, 15) is 24.7 Å². The molecule has 1 aromatic heterocycles. The monoisotopic (exact) mass is 489 g/mol. The van der Waals surface area contributed by atoms with Crippen LogP contribution in [0.5, 0.6) is 0 Å². The van der Waals surface area contributed by atoms with Crippen LogP contribution in [0.3, 0.4) is 0 Å². The molecular weight excluding hydrogens is 470 g/mol. The van der Waals surface area contributed by atoms with Crippen LogP contribution in [0.2, 0.25) is 0 Å². The van der Waals surface area contributed by atoms with E-state index in [0.29, 0.717) is 13.2 Å². The summed E-state index contributed by atoms with van der Waals surface area (Å²) in [6.45, 7) is 0.957. The summed E-state index contributed by atoms with van der Waals surface area (Å²) in [4.78, 5) is 42.7. The molecule has 0 aromatic carbocycles. The first-order chi connectivity index (χ1) is 14.8. The number of hydrogen-bond donors (Lipinski definition) is 4. The van der Waals surface area contributed by atoms with Crippen LogP contribution < -0.4 is 11.1 Å². The Hall–Kier alpha value is -2.07. The number of amides is 2. The maximum atomic E-state index is 12.7. The highest BCUT2D eigenvalue weighted by atomic mass is 32.2. The number of aromatic nitrogens is 1. The van der Waals surface area contributed by atoms with Crippen LogP contribution in [0, 0.1) is 0 Å². The van der Waals surface area contributed by atoms with E-state index in [2.05, 4.69) is 15.5 Å². The number of β-lactam (4-membered cyclic amide) rings is 1. The number of carbonyl (C=O) groups excluding carboxylic acids is 2. The molecule has 3 atom stereocenters. The second-order valence-corrected chi connectivity index (χ2v) is 10.7. The van der Waals surface area contributed by atoms with Gasteiger partial charge in [-0.05, 0) is 0 Å². The summed E-state index contributed by atoms with van der Waals surface area (Å²) in [7, 11) is 0. The lowest BCUT2D eigenvalue weighted by molar-refractivity contribution is -0.151. The molecule has 12 nitrogen and oxygen atoms in total. The topological polar surface area (TPSA) is 177 Å². The Balaban J connectivity index is 1.41. The van der Waals surface area contributed by atoms with E-state index in [4.69, 9.17) is 15.2 Å². The number of oxime groups is 1. The zero-order valence-electron chi connectivity index (χ0n) is 15.9. The Morgan fingerprint density at radius 3 is 2.77 bits per heavy atom. The lowest BCUT2D eigenvalue weighted by atomic mass is 10.0. The van der Waals surface area contributed by atoms with Crippen molar-refractivity contribution in [3.8, 4) is 0 Å². The van der Waals surface area contributed by atoms with E-state index >= 15 is 0 Å². The van der Waals surface area contributed by atoms with Crippen molar-refractivity contribution in [2.24, 2.45) is 5.16 Å². The lowest BCUT2D eigenvalue weighted by Crippen LogP contribution is -2.75. The van der Waals surface area contributed by atoms with Gasteiger partial charge in [-0.3, -0.25) is 14.4 Å². The normalized spacial score (nSPS) is 29.2. The summed E-state index contributed by atoms with van der Waals surface area (Å²) in [5.41, 5.74) is 5.29. The van der Waals surface area contributed by atoms with Crippen molar-refractivity contribution in [1.82, 2.24) is 15.2 Å². The van der Waals surface area contributed by atoms with Crippen LogP contribution in [0.4, 0.5) is 5.13 Å². The van der Waals surface area contributed by atoms with Crippen molar-refractivity contribution in [1.29, 1.82) is 0 Å². The minimum Gasteiger partial charge on any atom is -0.480 e. The SMILES string of the molecule is Nc1nc(C(=NO)C(=O)NC2C(=O)N3CC(SC4COCOC4)(C(=O)O)CS[C@H]23)cs1. The van der Waals surface area contributed by atoms with E-state index in [0.717, 1.165) is 11.3 Å². The number of rotatable bonds is 6. The van der Waals surface area contributed by atoms with Gasteiger partial charge in [0.05, 0.1) is 18.5 Å². The predicted molar refractivity (Wildman–Crippen MR) is 113 cm³/mol. The quantitative estimate of drug-likeness (QED) is 0.171. The maximum Gasteiger partial charge on any atom is 0.322 e. The van der Waals surface area contributed by atoms with Gasteiger partial charge in [0.25, 0.3) is 5.91 Å². The molecule has 5 N–H and O–H groups in total. The van der Waals surface area contributed by atoms with Gasteiger partial charge in [-0.1, -0.05) is 5.16 Å². The Labute approximate surface area is 188 Å². The average Bonchev–Trinajstić information content (AvgIpc) is 3.19. The number of nitrogens with two attached hydrogens (primary N) is 1. The highest BCUT2D eigenvalue weighted by molar-refractivity contribution is 8.05. The minimum absolute atomic E-state index is 0.00986. The molecule has 1 aromatic rings. The molecule has 0 spiro atoms. The number of nitrogens with one attached hydrogen (secondary N) is 1. The number of nitrogens with zero attached hydrogens (tertiary/aromatic N) is 3. The maximum absolute atomic E-state index is 12.7. The average molecular weight is 490 g/mol. The number of nitrogen functional groups attached to an aromatic ring is 1. The van der Waals surface area contributed by atoms with Crippen molar-refractivity contribution in [3.63, 3.8) is 0 Å². The van der Waals surface area contributed by atoms with Crippen molar-refractivity contribution >= 4 is 63.5 Å². The molecule has 2 amide bonds. The van der Waals surface area contributed by atoms with Crippen molar-refractivity contribution in [2.45, 2.75) is 21.4 Å². The summed E-state index contributed by atoms with van der Waals surface area (Å²) in [5.74, 6) is -1.94. The van der Waals surface area contributed by atoms with Crippen molar-refractivity contribution in [3.05, 3.63) is 11.1 Å². The molecule has 168 valence electrons. The third-order valence-electron chi connectivity index (χ3n) is 4.98. The third-order valence-corrected chi connectivity index (χ3v) is 8.87. The first-order valence-corrected chi connectivity index (χ1v) is 11.9. The predicted octanol–water partition coefficient (Wildman–Crippen LogP) is -0.767. The minimum atomic E-state index is -1.20. The highest BCUT2D eigenvalue weighted by Crippen LogP contribution is 2.45. The second kappa shape index (κ2) is 8.82. The zero-order valence-corrected chi connectivity index (χ0v) is 18.4. The van der Waals surface area contributed by atoms with Gasteiger partial charge < -0.3 is 35.7 Å². The Morgan fingerprint density at radius 1 is 1.42 bits per heavy atom. The molecule has 0 saturated carbocycles. The molecule has 3 saturated heterocycles. The van der Waals surface area contributed by atoms with E-state index in [1.807, 2.05) is 0 Å². The number of carbonyl (C=O) groups is 3. The molecule has 0 bridgehead atoms. The van der Waals surface area contributed by atoms with Crippen LogP contribution in [-0.2, 0) is 23.9 Å². The van der Waals surface area contributed by atoms with Crippen LogP contribution in [0.25, 0.3) is 0 Å². The summed E-state index contributed by atoms with van der Waals surface area (Å²) in [6.07, 6.45) is 0. The molecule has 0 aliphatic carbocycles. The molecule has 3 aliphatic heterocycles. The molecule has 4 heterocycles. The largest absolute Gasteiger partial charge is 0.480 e. The van der Waals surface area contributed by atoms with Gasteiger partial charge in [0, 0.05) is 17.7 Å². The first kappa shape index (κ1) is 22.1. The molecule has 0 radical (unpaired) electrons.